The Labute approximate surface area is 162 Å². The lowest BCUT2D eigenvalue weighted by molar-refractivity contribution is -0.137. The molecule has 5 nitrogen and oxygen atoms in total. The average Bonchev–Trinajstić information content (AvgIpc) is 3.10. The van der Waals surface area contributed by atoms with Crippen LogP contribution in [0.3, 0.4) is 0 Å². The van der Waals surface area contributed by atoms with E-state index in [-0.39, 0.29) is 24.4 Å². The number of benzene rings is 1. The van der Waals surface area contributed by atoms with Gasteiger partial charge in [-0.15, -0.1) is 0 Å². The van der Waals surface area contributed by atoms with Crippen molar-refractivity contribution >= 4 is 21.8 Å². The number of nitrogens with zero attached hydrogens (tertiary/aromatic N) is 2. The Morgan fingerprint density at radius 2 is 2.11 bits per heavy atom. The van der Waals surface area contributed by atoms with Crippen molar-refractivity contribution in [3.05, 3.63) is 52.6 Å². The first-order chi connectivity index (χ1) is 12.8. The summed E-state index contributed by atoms with van der Waals surface area (Å²) in [5.74, 6) is 0.151. The van der Waals surface area contributed by atoms with Crippen LogP contribution >= 0.6 is 15.9 Å². The predicted octanol–water partition coefficient (Wildman–Crippen LogP) is 3.92. The number of amides is 1. The van der Waals surface area contributed by atoms with Crippen molar-refractivity contribution in [3.63, 3.8) is 0 Å². The summed E-state index contributed by atoms with van der Waals surface area (Å²) in [6.45, 7) is 0.523. The smallest absolute Gasteiger partial charge is 0.416 e. The Balaban J connectivity index is 1.52. The van der Waals surface area contributed by atoms with Gasteiger partial charge in [0, 0.05) is 19.2 Å². The maximum atomic E-state index is 12.7. The van der Waals surface area contributed by atoms with Crippen LogP contribution in [0, 0.1) is 0 Å². The highest BCUT2D eigenvalue weighted by Gasteiger charge is 2.31. The molecule has 0 N–H and O–H groups in total. The monoisotopic (exact) mass is 444 g/mol. The minimum atomic E-state index is -4.46. The lowest BCUT2D eigenvalue weighted by Gasteiger charge is -2.18. The van der Waals surface area contributed by atoms with Gasteiger partial charge in [0.05, 0.1) is 16.6 Å². The van der Waals surface area contributed by atoms with E-state index in [1.54, 1.807) is 17.2 Å². The molecule has 0 saturated carbocycles. The molecule has 1 aliphatic rings. The van der Waals surface area contributed by atoms with Gasteiger partial charge in [0.25, 0.3) is 5.91 Å². The highest BCUT2D eigenvalue weighted by molar-refractivity contribution is 9.10. The lowest BCUT2D eigenvalue weighted by atomic mass is 10.2. The number of likely N-dealkylation sites (tertiary alicyclic amines) is 1. The average molecular weight is 445 g/mol. The Morgan fingerprint density at radius 1 is 1.30 bits per heavy atom. The largest absolute Gasteiger partial charge is 0.484 e. The zero-order valence-corrected chi connectivity index (χ0v) is 15.7. The van der Waals surface area contributed by atoms with E-state index in [2.05, 4.69) is 20.9 Å². The van der Waals surface area contributed by atoms with Gasteiger partial charge in [-0.05, 0) is 46.3 Å². The van der Waals surface area contributed by atoms with Crippen molar-refractivity contribution in [2.75, 3.05) is 19.7 Å². The number of pyridine rings is 1. The standard InChI is InChI=1S/C18H16BrF3N2O3/c19-15-5-2-7-23-17(15)27-14-6-8-24(10-14)16(25)11-26-13-4-1-3-12(9-13)18(20,21)22/h1-5,7,9,14H,6,8,10-11H2/t14-/m1/s1. The van der Waals surface area contributed by atoms with Gasteiger partial charge in [0.1, 0.15) is 11.9 Å². The number of carbonyl (C=O) groups is 1. The van der Waals surface area contributed by atoms with E-state index in [0.29, 0.717) is 25.4 Å². The normalized spacial score (nSPS) is 17.0. The van der Waals surface area contributed by atoms with E-state index < -0.39 is 11.7 Å². The summed E-state index contributed by atoms with van der Waals surface area (Å²) in [7, 11) is 0. The van der Waals surface area contributed by atoms with Gasteiger partial charge in [-0.25, -0.2) is 4.98 Å². The molecule has 0 aliphatic carbocycles. The van der Waals surface area contributed by atoms with Gasteiger partial charge in [0.15, 0.2) is 6.61 Å². The van der Waals surface area contributed by atoms with Crippen molar-refractivity contribution in [2.45, 2.75) is 18.7 Å². The number of carbonyl (C=O) groups excluding carboxylic acids is 1. The molecule has 9 heteroatoms. The minimum absolute atomic E-state index is 0.00240. The van der Waals surface area contributed by atoms with E-state index >= 15 is 0 Å². The van der Waals surface area contributed by atoms with E-state index in [1.807, 2.05) is 6.07 Å². The van der Waals surface area contributed by atoms with Gasteiger partial charge in [-0.3, -0.25) is 4.79 Å². The number of hydrogen-bond acceptors (Lipinski definition) is 4. The van der Waals surface area contributed by atoms with Crippen molar-refractivity contribution in [2.24, 2.45) is 0 Å². The second kappa shape index (κ2) is 8.16. The molecule has 0 radical (unpaired) electrons. The summed E-state index contributed by atoms with van der Waals surface area (Å²) < 4.78 is 49.9. The Kier molecular flexibility index (Phi) is 5.88. The molecule has 1 aromatic carbocycles. The fraction of sp³-hybridized carbons (Fsp3) is 0.333. The molecule has 0 spiro atoms. The van der Waals surface area contributed by atoms with Crippen LogP contribution in [0.2, 0.25) is 0 Å². The molecule has 27 heavy (non-hydrogen) atoms. The number of rotatable bonds is 5. The molecule has 144 valence electrons. The Bertz CT molecular complexity index is 816. The summed E-state index contributed by atoms with van der Waals surface area (Å²) in [6, 6.07) is 8.04. The second-order valence-corrected chi connectivity index (χ2v) is 6.83. The van der Waals surface area contributed by atoms with Crippen molar-refractivity contribution in [3.8, 4) is 11.6 Å². The fourth-order valence-corrected chi connectivity index (χ4v) is 3.01. The highest BCUT2D eigenvalue weighted by atomic mass is 79.9. The number of alkyl halides is 3. The van der Waals surface area contributed by atoms with Gasteiger partial charge in [-0.1, -0.05) is 6.07 Å². The first-order valence-corrected chi connectivity index (χ1v) is 8.97. The minimum Gasteiger partial charge on any atom is -0.484 e. The zero-order chi connectivity index (χ0) is 19.4. The van der Waals surface area contributed by atoms with Crippen LogP contribution in [0.1, 0.15) is 12.0 Å². The summed E-state index contributed by atoms with van der Waals surface area (Å²) in [5, 5.41) is 0. The molecule has 2 heterocycles. The third-order valence-electron chi connectivity index (χ3n) is 4.02. The molecule has 1 aromatic heterocycles. The Hall–Kier alpha value is -2.29. The van der Waals surface area contributed by atoms with Crippen LogP contribution in [0.4, 0.5) is 13.2 Å². The number of halogens is 4. The van der Waals surface area contributed by atoms with Crippen LogP contribution in [0.5, 0.6) is 11.6 Å². The van der Waals surface area contributed by atoms with E-state index in [4.69, 9.17) is 9.47 Å². The summed E-state index contributed by atoms with van der Waals surface area (Å²) in [5.41, 5.74) is -0.817. The molecule has 1 atom stereocenters. The van der Waals surface area contributed by atoms with E-state index in [0.717, 1.165) is 16.6 Å². The lowest BCUT2D eigenvalue weighted by Crippen LogP contribution is -2.34. The van der Waals surface area contributed by atoms with E-state index in [9.17, 15) is 18.0 Å². The number of aromatic nitrogens is 1. The highest BCUT2D eigenvalue weighted by Crippen LogP contribution is 2.31. The molecule has 1 amide bonds. The number of hydrogen-bond donors (Lipinski definition) is 0. The molecular formula is C18H16BrF3N2O3. The third-order valence-corrected chi connectivity index (χ3v) is 4.63. The number of ether oxygens (including phenoxy) is 2. The fourth-order valence-electron chi connectivity index (χ4n) is 2.67. The zero-order valence-electron chi connectivity index (χ0n) is 14.1. The molecule has 1 aliphatic heterocycles. The van der Waals surface area contributed by atoms with Crippen LogP contribution in [-0.2, 0) is 11.0 Å². The molecule has 0 unspecified atom stereocenters. The van der Waals surface area contributed by atoms with Gasteiger partial charge in [-0.2, -0.15) is 13.2 Å². The maximum absolute atomic E-state index is 12.7. The summed E-state index contributed by atoms with van der Waals surface area (Å²) >= 11 is 3.35. The van der Waals surface area contributed by atoms with E-state index in [1.165, 1.54) is 12.1 Å². The molecule has 3 rings (SSSR count). The predicted molar refractivity (Wildman–Crippen MR) is 94.5 cm³/mol. The first kappa shape index (κ1) is 19.5. The second-order valence-electron chi connectivity index (χ2n) is 5.97. The topological polar surface area (TPSA) is 51.7 Å². The van der Waals surface area contributed by atoms with Gasteiger partial charge >= 0.3 is 6.18 Å². The first-order valence-electron chi connectivity index (χ1n) is 8.18. The van der Waals surface area contributed by atoms with Crippen molar-refractivity contribution in [1.82, 2.24) is 9.88 Å². The maximum Gasteiger partial charge on any atom is 0.416 e. The van der Waals surface area contributed by atoms with Crippen LogP contribution in [0.25, 0.3) is 0 Å². The molecule has 1 saturated heterocycles. The molecule has 1 fully saturated rings. The molecule has 0 bridgehead atoms. The van der Waals surface area contributed by atoms with Gasteiger partial charge < -0.3 is 14.4 Å². The van der Waals surface area contributed by atoms with Crippen molar-refractivity contribution in [1.29, 1.82) is 0 Å². The third kappa shape index (κ3) is 5.12. The van der Waals surface area contributed by atoms with Crippen molar-refractivity contribution < 1.29 is 27.4 Å². The van der Waals surface area contributed by atoms with Crippen LogP contribution < -0.4 is 9.47 Å². The molecular weight excluding hydrogens is 429 g/mol. The summed E-state index contributed by atoms with van der Waals surface area (Å²) in [4.78, 5) is 18.0. The van der Waals surface area contributed by atoms with Gasteiger partial charge in [0.2, 0.25) is 5.88 Å². The SMILES string of the molecule is O=C(COc1cccc(C(F)(F)F)c1)N1CC[C@@H](Oc2ncccc2Br)C1. The van der Waals surface area contributed by atoms with Crippen LogP contribution in [0.15, 0.2) is 47.1 Å². The van der Waals surface area contributed by atoms with Crippen LogP contribution in [-0.4, -0.2) is 41.6 Å². The Morgan fingerprint density at radius 3 is 2.85 bits per heavy atom. The molecule has 2 aromatic rings. The quantitative estimate of drug-likeness (QED) is 0.701. The summed E-state index contributed by atoms with van der Waals surface area (Å²) in [6.07, 6.45) is -2.41.